The SMILES string of the molecule is CCOc1cccc([C@@H]2C3=C(C[C@@H](C)CC3=O)Nc3nc(C(F)(F)F)nn32)c1. The molecule has 1 N–H and O–H groups in total. The number of ether oxygens (including phenoxy) is 1. The maximum absolute atomic E-state index is 13.2. The second-order valence-electron chi connectivity index (χ2n) is 7.06. The van der Waals surface area contributed by atoms with E-state index in [0.717, 1.165) is 4.68 Å². The lowest BCUT2D eigenvalue weighted by Crippen LogP contribution is -2.33. The Morgan fingerprint density at radius 1 is 1.32 bits per heavy atom. The largest absolute Gasteiger partial charge is 0.494 e. The monoisotopic (exact) mass is 392 g/mol. The molecular formula is C19H19F3N4O2. The van der Waals surface area contributed by atoms with E-state index in [1.807, 2.05) is 13.8 Å². The predicted molar refractivity (Wildman–Crippen MR) is 94.8 cm³/mol. The maximum Gasteiger partial charge on any atom is 0.453 e. The van der Waals surface area contributed by atoms with Gasteiger partial charge in [0.1, 0.15) is 11.8 Å². The Kier molecular flexibility index (Phi) is 4.40. The summed E-state index contributed by atoms with van der Waals surface area (Å²) in [6.45, 7) is 4.23. The summed E-state index contributed by atoms with van der Waals surface area (Å²) in [4.78, 5) is 16.5. The Labute approximate surface area is 159 Å². The van der Waals surface area contributed by atoms with Crippen molar-refractivity contribution in [1.29, 1.82) is 0 Å². The van der Waals surface area contributed by atoms with Crippen molar-refractivity contribution in [3.63, 3.8) is 0 Å². The molecule has 2 heterocycles. The Morgan fingerprint density at radius 2 is 2.11 bits per heavy atom. The van der Waals surface area contributed by atoms with Crippen LogP contribution in [0.1, 0.15) is 44.1 Å². The van der Waals surface area contributed by atoms with Crippen molar-refractivity contribution in [2.45, 2.75) is 38.9 Å². The zero-order chi connectivity index (χ0) is 20.1. The number of benzene rings is 1. The van der Waals surface area contributed by atoms with Crippen LogP contribution in [0.4, 0.5) is 19.1 Å². The Balaban J connectivity index is 1.89. The van der Waals surface area contributed by atoms with E-state index in [0.29, 0.717) is 42.0 Å². The van der Waals surface area contributed by atoms with E-state index in [-0.39, 0.29) is 17.6 Å². The molecule has 0 spiro atoms. The van der Waals surface area contributed by atoms with Crippen LogP contribution in [0, 0.1) is 5.92 Å². The fourth-order valence-corrected chi connectivity index (χ4v) is 3.78. The van der Waals surface area contributed by atoms with Crippen molar-refractivity contribution >= 4 is 11.7 Å². The first-order chi connectivity index (χ1) is 13.3. The molecule has 0 saturated carbocycles. The quantitative estimate of drug-likeness (QED) is 0.856. The molecule has 1 aromatic heterocycles. The minimum Gasteiger partial charge on any atom is -0.494 e. The molecule has 2 aliphatic rings. The van der Waals surface area contributed by atoms with Crippen molar-refractivity contribution in [2.75, 3.05) is 11.9 Å². The number of fused-ring (bicyclic) bond motifs is 1. The van der Waals surface area contributed by atoms with Gasteiger partial charge < -0.3 is 10.1 Å². The summed E-state index contributed by atoms with van der Waals surface area (Å²) >= 11 is 0. The zero-order valence-corrected chi connectivity index (χ0v) is 15.4. The number of alkyl halides is 3. The number of nitrogens with zero attached hydrogens (tertiary/aromatic N) is 3. The van der Waals surface area contributed by atoms with E-state index in [4.69, 9.17) is 4.74 Å². The summed E-state index contributed by atoms with van der Waals surface area (Å²) in [5, 5.41) is 6.60. The van der Waals surface area contributed by atoms with E-state index in [9.17, 15) is 18.0 Å². The topological polar surface area (TPSA) is 69.0 Å². The number of carbonyl (C=O) groups is 1. The molecular weight excluding hydrogens is 373 g/mol. The fraction of sp³-hybridized carbons (Fsp3) is 0.421. The van der Waals surface area contributed by atoms with Crippen LogP contribution in [-0.2, 0) is 11.0 Å². The molecule has 0 amide bonds. The molecule has 0 radical (unpaired) electrons. The van der Waals surface area contributed by atoms with Gasteiger partial charge in [0.15, 0.2) is 5.78 Å². The van der Waals surface area contributed by atoms with Gasteiger partial charge in [-0.05, 0) is 37.0 Å². The van der Waals surface area contributed by atoms with Crippen LogP contribution in [0.5, 0.6) is 5.75 Å². The highest BCUT2D eigenvalue weighted by Gasteiger charge is 2.43. The van der Waals surface area contributed by atoms with Crippen molar-refractivity contribution in [1.82, 2.24) is 14.8 Å². The van der Waals surface area contributed by atoms with E-state index < -0.39 is 18.0 Å². The maximum atomic E-state index is 13.2. The molecule has 28 heavy (non-hydrogen) atoms. The molecule has 0 fully saturated rings. The summed E-state index contributed by atoms with van der Waals surface area (Å²) in [6.07, 6.45) is -3.77. The lowest BCUT2D eigenvalue weighted by Gasteiger charge is -2.34. The lowest BCUT2D eigenvalue weighted by atomic mass is 9.81. The number of hydrogen-bond donors (Lipinski definition) is 1. The number of nitrogens with one attached hydrogen (secondary N) is 1. The summed E-state index contributed by atoms with van der Waals surface area (Å²) in [5.74, 6) is -0.662. The number of hydrogen-bond acceptors (Lipinski definition) is 5. The molecule has 0 bridgehead atoms. The standard InChI is InChI=1S/C19H19F3N4O2/c1-3-28-12-6-4-5-11(9-12)16-15-13(7-10(2)8-14(15)27)23-18-24-17(19(20,21)22)25-26(16)18/h4-6,9-10,16H,3,7-8H2,1-2H3,(H,23,24,25)/t10-,16-/m1/s1. The number of aromatic nitrogens is 3. The molecule has 6 nitrogen and oxygen atoms in total. The highest BCUT2D eigenvalue weighted by molar-refractivity contribution is 5.99. The average Bonchev–Trinajstić information content (AvgIpc) is 3.04. The summed E-state index contributed by atoms with van der Waals surface area (Å²) < 4.78 is 46.3. The molecule has 2 atom stereocenters. The van der Waals surface area contributed by atoms with Crippen molar-refractivity contribution in [3.05, 3.63) is 46.9 Å². The summed E-state index contributed by atoms with van der Waals surface area (Å²) in [5.41, 5.74) is 1.68. The van der Waals surface area contributed by atoms with Crippen molar-refractivity contribution in [2.24, 2.45) is 5.92 Å². The average molecular weight is 392 g/mol. The molecule has 1 aliphatic heterocycles. The lowest BCUT2D eigenvalue weighted by molar-refractivity contribution is -0.145. The van der Waals surface area contributed by atoms with Crippen LogP contribution < -0.4 is 10.1 Å². The molecule has 0 unspecified atom stereocenters. The second-order valence-corrected chi connectivity index (χ2v) is 7.06. The van der Waals surface area contributed by atoms with Gasteiger partial charge in [0, 0.05) is 17.7 Å². The number of halogens is 3. The summed E-state index contributed by atoms with van der Waals surface area (Å²) in [6, 6.07) is 6.22. The predicted octanol–water partition coefficient (Wildman–Crippen LogP) is 3.96. The number of anilines is 1. The number of carbonyl (C=O) groups excluding carboxylic acids is 1. The Bertz CT molecular complexity index is 964. The molecule has 1 aliphatic carbocycles. The van der Waals surface area contributed by atoms with Gasteiger partial charge in [-0.3, -0.25) is 4.79 Å². The fourth-order valence-electron chi connectivity index (χ4n) is 3.78. The third kappa shape index (κ3) is 3.14. The van der Waals surface area contributed by atoms with E-state index in [1.165, 1.54) is 0 Å². The van der Waals surface area contributed by atoms with Crippen LogP contribution in [0.25, 0.3) is 0 Å². The van der Waals surface area contributed by atoms with Gasteiger partial charge in [-0.25, -0.2) is 4.68 Å². The highest BCUT2D eigenvalue weighted by atomic mass is 19.4. The molecule has 1 aromatic carbocycles. The van der Waals surface area contributed by atoms with Crippen molar-refractivity contribution in [3.8, 4) is 5.75 Å². The molecule has 4 rings (SSSR count). The van der Waals surface area contributed by atoms with Crippen molar-refractivity contribution < 1.29 is 22.7 Å². The molecule has 0 saturated heterocycles. The van der Waals surface area contributed by atoms with Gasteiger partial charge in [-0.15, -0.1) is 5.10 Å². The van der Waals surface area contributed by atoms with Crippen LogP contribution >= 0.6 is 0 Å². The molecule has 9 heteroatoms. The number of allylic oxidation sites excluding steroid dienone is 2. The third-order valence-electron chi connectivity index (χ3n) is 4.86. The first-order valence-corrected chi connectivity index (χ1v) is 9.07. The van der Waals surface area contributed by atoms with E-state index in [2.05, 4.69) is 15.4 Å². The van der Waals surface area contributed by atoms with Gasteiger partial charge in [-0.1, -0.05) is 19.1 Å². The number of ketones is 1. The van der Waals surface area contributed by atoms with Gasteiger partial charge in [-0.2, -0.15) is 18.2 Å². The molecule has 148 valence electrons. The van der Waals surface area contributed by atoms with Gasteiger partial charge >= 0.3 is 6.18 Å². The van der Waals surface area contributed by atoms with Crippen LogP contribution in [-0.4, -0.2) is 27.2 Å². The number of rotatable bonds is 3. The second kappa shape index (κ2) is 6.65. The third-order valence-corrected chi connectivity index (χ3v) is 4.86. The Hall–Kier alpha value is -2.84. The van der Waals surface area contributed by atoms with E-state index in [1.54, 1.807) is 24.3 Å². The minimum atomic E-state index is -4.68. The zero-order valence-electron chi connectivity index (χ0n) is 15.4. The van der Waals surface area contributed by atoms with Crippen LogP contribution in [0.3, 0.4) is 0 Å². The Morgan fingerprint density at radius 3 is 2.82 bits per heavy atom. The number of Topliss-reactive ketones (excluding diaryl/α,β-unsaturated/α-hetero) is 1. The first kappa shape index (κ1) is 18.5. The first-order valence-electron chi connectivity index (χ1n) is 9.07. The van der Waals surface area contributed by atoms with Crippen LogP contribution in [0.2, 0.25) is 0 Å². The van der Waals surface area contributed by atoms with E-state index >= 15 is 0 Å². The summed E-state index contributed by atoms with van der Waals surface area (Å²) in [7, 11) is 0. The normalized spacial score (nSPS) is 21.8. The van der Waals surface area contributed by atoms with Gasteiger partial charge in [0.05, 0.1) is 6.61 Å². The molecule has 2 aromatic rings. The van der Waals surface area contributed by atoms with Gasteiger partial charge in [0.2, 0.25) is 5.95 Å². The minimum absolute atomic E-state index is 0.0141. The smallest absolute Gasteiger partial charge is 0.453 e. The highest BCUT2D eigenvalue weighted by Crippen LogP contribution is 2.42. The van der Waals surface area contributed by atoms with Crippen LogP contribution in [0.15, 0.2) is 35.5 Å². The van der Waals surface area contributed by atoms with Gasteiger partial charge in [0.25, 0.3) is 5.82 Å².